The molecule has 0 aliphatic heterocycles. The van der Waals surface area contributed by atoms with E-state index in [-0.39, 0.29) is 0 Å². The van der Waals surface area contributed by atoms with Crippen LogP contribution in [-0.2, 0) is 0 Å². The number of nitrogens with one attached hydrogen (secondary N) is 1. The van der Waals surface area contributed by atoms with Crippen molar-refractivity contribution in [3.63, 3.8) is 0 Å². The Morgan fingerprint density at radius 1 is 1.35 bits per heavy atom. The fourth-order valence-corrected chi connectivity index (χ4v) is 2.75. The Morgan fingerprint density at radius 3 is 2.60 bits per heavy atom. The average Bonchev–Trinajstić information content (AvgIpc) is 3.05. The van der Waals surface area contributed by atoms with Gasteiger partial charge in [0.25, 0.3) is 0 Å². The quantitative estimate of drug-likeness (QED) is 0.855. The molecule has 2 aromatic heterocycles. The number of aromatic nitrogens is 3. The van der Waals surface area contributed by atoms with E-state index in [9.17, 15) is 4.79 Å². The highest BCUT2D eigenvalue weighted by molar-refractivity contribution is 5.86. The lowest BCUT2D eigenvalue weighted by molar-refractivity contribution is 0.111. The van der Waals surface area contributed by atoms with Gasteiger partial charge in [0.1, 0.15) is 11.5 Å². The second kappa shape index (κ2) is 6.61. The summed E-state index contributed by atoms with van der Waals surface area (Å²) in [6, 6.07) is 2.32. The average molecular weight is 274 g/mol. The Morgan fingerprint density at radius 2 is 2.00 bits per heavy atom. The smallest absolute Gasteiger partial charge is 0.166 e. The monoisotopic (exact) mass is 274 g/mol. The maximum Gasteiger partial charge on any atom is 0.166 e. The van der Waals surface area contributed by atoms with Crippen molar-refractivity contribution in [1.29, 1.82) is 0 Å². The molecule has 1 aliphatic rings. The van der Waals surface area contributed by atoms with Crippen molar-refractivity contribution in [3.05, 3.63) is 23.8 Å². The first kappa shape index (κ1) is 14.7. The van der Waals surface area contributed by atoms with Crippen molar-refractivity contribution in [1.82, 2.24) is 19.9 Å². The van der Waals surface area contributed by atoms with Gasteiger partial charge in [-0.25, -0.2) is 9.97 Å². The third-order valence-corrected chi connectivity index (χ3v) is 3.54. The highest BCUT2D eigenvalue weighted by Gasteiger charge is 2.22. The summed E-state index contributed by atoms with van der Waals surface area (Å²) >= 11 is 0. The van der Waals surface area contributed by atoms with Gasteiger partial charge in [-0.1, -0.05) is 12.8 Å². The minimum Gasteiger partial charge on any atom is -0.323 e. The first-order valence-electron chi connectivity index (χ1n) is 7.09. The summed E-state index contributed by atoms with van der Waals surface area (Å²) in [7, 11) is 3.75. The van der Waals surface area contributed by atoms with Gasteiger partial charge in [0.15, 0.2) is 6.29 Å². The Kier molecular flexibility index (Phi) is 4.84. The van der Waals surface area contributed by atoms with Gasteiger partial charge in [0, 0.05) is 17.6 Å². The van der Waals surface area contributed by atoms with Crippen LogP contribution in [0.1, 0.15) is 48.0 Å². The van der Waals surface area contributed by atoms with Crippen LogP contribution in [0.5, 0.6) is 0 Å². The molecule has 5 heteroatoms. The number of aldehydes is 1. The molecular weight excluding hydrogens is 252 g/mol. The predicted molar refractivity (Wildman–Crippen MR) is 80.1 cm³/mol. The van der Waals surface area contributed by atoms with Crippen molar-refractivity contribution in [3.8, 4) is 0 Å². The van der Waals surface area contributed by atoms with E-state index in [0.717, 1.165) is 41.7 Å². The molecule has 20 heavy (non-hydrogen) atoms. The summed E-state index contributed by atoms with van der Waals surface area (Å²) in [5.74, 6) is 0.757. The molecule has 0 radical (unpaired) electrons. The maximum absolute atomic E-state index is 11.2. The highest BCUT2D eigenvalue weighted by Crippen LogP contribution is 2.33. The van der Waals surface area contributed by atoms with Gasteiger partial charge in [-0.15, -0.1) is 0 Å². The number of aryl methyl sites for hydroxylation is 1. The van der Waals surface area contributed by atoms with Crippen molar-refractivity contribution in [2.24, 2.45) is 0 Å². The molecule has 1 saturated carbocycles. The first-order chi connectivity index (χ1) is 9.71. The summed E-state index contributed by atoms with van der Waals surface area (Å²) in [6.07, 6.45) is 7.51. The molecular formula is C15H22N4O. The summed E-state index contributed by atoms with van der Waals surface area (Å²) in [5, 5.41) is 3.71. The molecule has 5 nitrogen and oxygen atoms in total. The van der Waals surface area contributed by atoms with E-state index in [1.54, 1.807) is 6.20 Å². The van der Waals surface area contributed by atoms with Gasteiger partial charge >= 0.3 is 0 Å². The van der Waals surface area contributed by atoms with E-state index in [0.29, 0.717) is 6.04 Å². The van der Waals surface area contributed by atoms with Gasteiger partial charge < -0.3 is 9.88 Å². The molecule has 0 saturated heterocycles. The van der Waals surface area contributed by atoms with E-state index in [1.807, 2.05) is 27.1 Å². The lowest BCUT2D eigenvalue weighted by Gasteiger charge is -2.14. The zero-order chi connectivity index (χ0) is 14.5. The molecule has 108 valence electrons. The number of nitrogens with zero attached hydrogens (tertiary/aromatic N) is 3. The van der Waals surface area contributed by atoms with Crippen LogP contribution in [0.25, 0.3) is 11.0 Å². The van der Waals surface area contributed by atoms with E-state index in [1.165, 1.54) is 12.8 Å². The van der Waals surface area contributed by atoms with Crippen LogP contribution in [0.3, 0.4) is 0 Å². The van der Waals surface area contributed by atoms with Crippen LogP contribution in [-0.4, -0.2) is 34.9 Å². The van der Waals surface area contributed by atoms with E-state index >= 15 is 0 Å². The van der Waals surface area contributed by atoms with Crippen LogP contribution in [0, 0.1) is 6.92 Å². The molecule has 1 fully saturated rings. The van der Waals surface area contributed by atoms with Gasteiger partial charge in [0.2, 0.25) is 0 Å². The van der Waals surface area contributed by atoms with Gasteiger partial charge in [-0.05, 0) is 39.9 Å². The molecule has 0 aromatic carbocycles. The normalized spacial score (nSPS) is 15.2. The Hall–Kier alpha value is -1.75. The standard InChI is InChI=1S/C13H15N3O.C2H7N/c1-9-14-7-10-6-12(8-17)16(13(10)15-9)11-4-2-3-5-11;1-3-2/h6-8,11H,2-5H2,1H3;3H,1-2H3. The van der Waals surface area contributed by atoms with Crippen LogP contribution in [0.2, 0.25) is 0 Å². The van der Waals surface area contributed by atoms with Gasteiger partial charge in [-0.2, -0.15) is 0 Å². The molecule has 0 atom stereocenters. The summed E-state index contributed by atoms with van der Waals surface area (Å²) < 4.78 is 2.10. The van der Waals surface area contributed by atoms with E-state index in [2.05, 4.69) is 19.9 Å². The SMILES string of the molecule is CNC.Cc1ncc2cc(C=O)n(C3CCCC3)c2n1. The summed E-state index contributed by atoms with van der Waals surface area (Å²) in [5.41, 5.74) is 1.64. The molecule has 0 spiro atoms. The fraction of sp³-hybridized carbons (Fsp3) is 0.533. The first-order valence-corrected chi connectivity index (χ1v) is 7.09. The number of hydrogen-bond acceptors (Lipinski definition) is 4. The van der Waals surface area contributed by atoms with Crippen molar-refractivity contribution < 1.29 is 4.79 Å². The summed E-state index contributed by atoms with van der Waals surface area (Å²) in [6.45, 7) is 1.88. The second-order valence-corrected chi connectivity index (χ2v) is 5.19. The van der Waals surface area contributed by atoms with Crippen LogP contribution >= 0.6 is 0 Å². The number of hydrogen-bond donors (Lipinski definition) is 1. The van der Waals surface area contributed by atoms with Gasteiger partial charge in [0.05, 0.1) is 5.69 Å². The molecule has 2 heterocycles. The van der Waals surface area contributed by atoms with Crippen molar-refractivity contribution in [2.45, 2.75) is 38.6 Å². The highest BCUT2D eigenvalue weighted by atomic mass is 16.1. The third-order valence-electron chi connectivity index (χ3n) is 3.54. The van der Waals surface area contributed by atoms with Crippen LogP contribution in [0.4, 0.5) is 0 Å². The molecule has 1 N–H and O–H groups in total. The third kappa shape index (κ3) is 2.88. The van der Waals surface area contributed by atoms with E-state index in [4.69, 9.17) is 0 Å². The lowest BCUT2D eigenvalue weighted by atomic mass is 10.2. The maximum atomic E-state index is 11.2. The zero-order valence-electron chi connectivity index (χ0n) is 12.4. The van der Waals surface area contributed by atoms with Crippen LogP contribution < -0.4 is 5.32 Å². The minimum absolute atomic E-state index is 0.432. The second-order valence-electron chi connectivity index (χ2n) is 5.19. The zero-order valence-corrected chi connectivity index (χ0v) is 12.4. The minimum atomic E-state index is 0.432. The molecule has 1 aliphatic carbocycles. The predicted octanol–water partition coefficient (Wildman–Crippen LogP) is 2.50. The Bertz CT molecular complexity index is 585. The van der Waals surface area contributed by atoms with E-state index < -0.39 is 0 Å². The van der Waals surface area contributed by atoms with Crippen LogP contribution in [0.15, 0.2) is 12.3 Å². The fourth-order valence-electron chi connectivity index (χ4n) is 2.75. The van der Waals surface area contributed by atoms with Crippen molar-refractivity contribution in [2.75, 3.05) is 14.1 Å². The summed E-state index contributed by atoms with van der Waals surface area (Å²) in [4.78, 5) is 19.8. The Balaban J connectivity index is 0.000000452. The molecule has 0 unspecified atom stereocenters. The molecule has 3 rings (SSSR count). The largest absolute Gasteiger partial charge is 0.323 e. The van der Waals surface area contributed by atoms with Crippen molar-refractivity contribution >= 4 is 17.3 Å². The molecule has 0 amide bonds. The Labute approximate surface area is 119 Å². The number of carbonyl (C=O) groups is 1. The van der Waals surface area contributed by atoms with Gasteiger partial charge in [-0.3, -0.25) is 4.79 Å². The number of rotatable bonds is 2. The number of fused-ring (bicyclic) bond motifs is 1. The lowest BCUT2D eigenvalue weighted by Crippen LogP contribution is -2.09. The molecule has 0 bridgehead atoms. The molecule has 2 aromatic rings. The topological polar surface area (TPSA) is 59.8 Å². The number of carbonyl (C=O) groups excluding carboxylic acids is 1.